The maximum Gasteiger partial charge on any atom is 0.244 e. The topological polar surface area (TPSA) is 335 Å². The van der Waals surface area contributed by atoms with Gasteiger partial charge in [-0.1, -0.05) is 151 Å². The number of H-pyrrole nitrogens is 1. The van der Waals surface area contributed by atoms with Crippen LogP contribution in [-0.2, 0) is 64.0 Å². The van der Waals surface area contributed by atoms with E-state index in [1.165, 1.54) is 12.1 Å². The van der Waals surface area contributed by atoms with Crippen LogP contribution >= 0.6 is 21.6 Å². The monoisotopic (exact) mass is 1190 g/mol. The molecule has 22 heteroatoms. The average Bonchev–Trinajstić information content (AvgIpc) is 4.02. The number of benzene rings is 6. The Hall–Kier alpha value is -8.44. The fourth-order valence-corrected chi connectivity index (χ4v) is 12.4. The fourth-order valence-electron chi connectivity index (χ4n) is 10.1. The number of fused-ring (bicyclic) bond motifs is 3. The lowest BCUT2D eigenvalue weighted by molar-refractivity contribution is -0.136. The summed E-state index contributed by atoms with van der Waals surface area (Å²) in [4.78, 5) is 119. The number of unbranched alkanes of at least 4 members (excludes halogenated alkanes) is 1. The van der Waals surface area contributed by atoms with E-state index in [-0.39, 0.29) is 55.9 Å². The number of aromatic nitrogens is 1. The number of phenolic OH excluding ortho intramolecular Hbond substituents is 1. The van der Waals surface area contributed by atoms with Crippen LogP contribution in [0.15, 0.2) is 140 Å². The molecule has 8 rings (SSSR count). The molecule has 20 nitrogen and oxygen atoms in total. The number of rotatable bonds is 18. The van der Waals surface area contributed by atoms with Crippen molar-refractivity contribution in [3.63, 3.8) is 0 Å². The van der Waals surface area contributed by atoms with Crippen LogP contribution in [0.1, 0.15) is 55.4 Å². The van der Waals surface area contributed by atoms with E-state index in [2.05, 4.69) is 42.2 Å². The van der Waals surface area contributed by atoms with Crippen LogP contribution in [0, 0.1) is 5.92 Å². The molecule has 0 aliphatic carbocycles. The highest BCUT2D eigenvalue weighted by Crippen LogP contribution is 2.26. The van der Waals surface area contributed by atoms with Crippen molar-refractivity contribution in [2.24, 2.45) is 23.1 Å². The standard InChI is InChI=1S/C63H73N11O9S2/c1-36(2)55-63(83)73-54(61(81)69-50(56(66)76)31-39-19-23-41-12-4-6-14-43(41)28-39)35-85-84-34-53(72-57(77)47(65)29-38-18-22-40-11-3-5-13-42(40)27-38)62(82)70-51(30-37-20-24-45(75)25-21-37)59(79)71-52(32-44-33-67-48-16-8-7-15-46(44)48)60(80)68-49(58(78)74-55)17-9-10-26-64/h3-8,11-16,18-25,27-28,33,36,47,49-55,67,75H,9-10,17,26,29-32,34-35,64-65H2,1-2H3,(H2,66,76)(H,68,80)(H,69,81)(H,70,82)(H,71,79)(H,72,77)(H,73,83)(H,74,78)/t47-,49-,50-,51-,52+,53+,54-,55-/m0/s1. The summed E-state index contributed by atoms with van der Waals surface area (Å²) in [7, 11) is 2.14. The van der Waals surface area contributed by atoms with Crippen LogP contribution in [0.5, 0.6) is 5.75 Å². The van der Waals surface area contributed by atoms with E-state index >= 15 is 0 Å². The van der Waals surface area contributed by atoms with Gasteiger partial charge in [0.1, 0.15) is 48.0 Å². The summed E-state index contributed by atoms with van der Waals surface area (Å²) in [6, 6.07) is 29.7. The van der Waals surface area contributed by atoms with Gasteiger partial charge in [-0.25, -0.2) is 0 Å². The predicted octanol–water partition coefficient (Wildman–Crippen LogP) is 3.84. The molecule has 2 heterocycles. The number of carbonyl (C=O) groups excluding carboxylic acids is 8. The first-order chi connectivity index (χ1) is 40.9. The maximum absolute atomic E-state index is 15.0. The zero-order valence-corrected chi connectivity index (χ0v) is 48.9. The fraction of sp³-hybridized carbons (Fsp3) is 0.333. The number of carbonyl (C=O) groups is 8. The Bertz CT molecular complexity index is 3530. The molecular formula is C63H73N11O9S2. The van der Waals surface area contributed by atoms with Crippen LogP contribution in [0.3, 0.4) is 0 Å². The molecule has 0 unspecified atom stereocenters. The Morgan fingerprint density at radius 2 is 1.19 bits per heavy atom. The molecule has 15 N–H and O–H groups in total. The molecule has 1 fully saturated rings. The number of aromatic amines is 1. The summed E-state index contributed by atoms with van der Waals surface area (Å²) in [5, 5.41) is 34.5. The third-order valence-corrected chi connectivity index (χ3v) is 17.3. The smallest absolute Gasteiger partial charge is 0.244 e. The third-order valence-electron chi connectivity index (χ3n) is 14.9. The highest BCUT2D eigenvalue weighted by molar-refractivity contribution is 8.76. The Labute approximate surface area is 500 Å². The second-order valence-electron chi connectivity index (χ2n) is 21.7. The van der Waals surface area contributed by atoms with Gasteiger partial charge in [-0.2, -0.15) is 0 Å². The molecule has 1 aromatic heterocycles. The minimum atomic E-state index is -1.41. The van der Waals surface area contributed by atoms with Crippen LogP contribution in [0.25, 0.3) is 32.4 Å². The van der Waals surface area contributed by atoms with E-state index in [1.807, 2.05) is 109 Å². The summed E-state index contributed by atoms with van der Waals surface area (Å²) in [6.45, 7) is 3.69. The molecular weight excluding hydrogens is 1120 g/mol. The van der Waals surface area contributed by atoms with Gasteiger partial charge in [0.25, 0.3) is 0 Å². The van der Waals surface area contributed by atoms with E-state index in [0.29, 0.717) is 29.5 Å². The largest absolute Gasteiger partial charge is 0.508 e. The van der Waals surface area contributed by atoms with Gasteiger partial charge in [-0.05, 0) is 100 Å². The minimum absolute atomic E-state index is 0.0182. The van der Waals surface area contributed by atoms with E-state index in [0.717, 1.165) is 59.6 Å². The molecule has 6 aromatic carbocycles. The van der Waals surface area contributed by atoms with Crippen LogP contribution < -0.4 is 54.4 Å². The first-order valence-electron chi connectivity index (χ1n) is 28.3. The van der Waals surface area contributed by atoms with E-state index in [1.54, 1.807) is 32.2 Å². The molecule has 446 valence electrons. The van der Waals surface area contributed by atoms with Crippen molar-refractivity contribution in [1.29, 1.82) is 0 Å². The van der Waals surface area contributed by atoms with Crippen LogP contribution in [0.4, 0.5) is 0 Å². The van der Waals surface area contributed by atoms with Gasteiger partial charge in [0.15, 0.2) is 0 Å². The Morgan fingerprint density at radius 3 is 1.84 bits per heavy atom. The first-order valence-corrected chi connectivity index (χ1v) is 30.8. The lowest BCUT2D eigenvalue weighted by Crippen LogP contribution is -2.61. The third kappa shape index (κ3) is 17.3. The summed E-state index contributed by atoms with van der Waals surface area (Å²) in [6.07, 6.45) is 2.56. The lowest BCUT2D eigenvalue weighted by Gasteiger charge is -2.29. The van der Waals surface area contributed by atoms with Crippen LogP contribution in [-0.4, -0.2) is 124 Å². The highest BCUT2D eigenvalue weighted by Gasteiger charge is 2.36. The van der Waals surface area contributed by atoms with Gasteiger partial charge in [-0.15, -0.1) is 0 Å². The average molecular weight is 1190 g/mol. The number of hydrogen-bond acceptors (Lipinski definition) is 13. The van der Waals surface area contributed by atoms with Gasteiger partial charge >= 0.3 is 0 Å². The Morgan fingerprint density at radius 1 is 0.624 bits per heavy atom. The van der Waals surface area contributed by atoms with Gasteiger partial charge in [0.05, 0.1) is 6.04 Å². The summed E-state index contributed by atoms with van der Waals surface area (Å²) < 4.78 is 0. The molecule has 0 saturated carbocycles. The summed E-state index contributed by atoms with van der Waals surface area (Å²) >= 11 is 0. The maximum atomic E-state index is 15.0. The van der Waals surface area contributed by atoms with Crippen molar-refractivity contribution >= 4 is 101 Å². The number of nitrogens with two attached hydrogens (primary N) is 3. The van der Waals surface area contributed by atoms with Gasteiger partial charge in [0.2, 0.25) is 47.3 Å². The highest BCUT2D eigenvalue weighted by atomic mass is 33.1. The molecule has 1 aliphatic heterocycles. The second kappa shape index (κ2) is 29.9. The number of amides is 8. The van der Waals surface area contributed by atoms with Crippen molar-refractivity contribution in [3.8, 4) is 5.75 Å². The number of nitrogens with one attached hydrogen (secondary N) is 8. The van der Waals surface area contributed by atoms with Crippen LogP contribution in [0.2, 0.25) is 0 Å². The summed E-state index contributed by atoms with van der Waals surface area (Å²) in [5.41, 5.74) is 21.8. The molecule has 1 saturated heterocycles. The zero-order chi connectivity index (χ0) is 60.6. The van der Waals surface area contributed by atoms with E-state index in [9.17, 15) is 43.5 Å². The second-order valence-corrected chi connectivity index (χ2v) is 24.2. The van der Waals surface area contributed by atoms with Crippen molar-refractivity contribution in [1.82, 2.24) is 42.2 Å². The molecule has 7 aromatic rings. The number of aromatic hydroxyl groups is 1. The van der Waals surface area contributed by atoms with Gasteiger partial charge in [-0.3, -0.25) is 38.4 Å². The molecule has 8 amide bonds. The van der Waals surface area contributed by atoms with Crippen molar-refractivity contribution in [3.05, 3.63) is 162 Å². The quantitative estimate of drug-likeness (QED) is 0.0430. The number of para-hydroxylation sites is 1. The molecule has 0 radical (unpaired) electrons. The van der Waals surface area contributed by atoms with E-state index < -0.39 is 102 Å². The Kier molecular flexibility index (Phi) is 22.0. The number of phenols is 1. The first kappa shape index (κ1) is 62.6. The van der Waals surface area contributed by atoms with Crippen molar-refractivity contribution < 1.29 is 43.5 Å². The molecule has 8 atom stereocenters. The van der Waals surface area contributed by atoms with Gasteiger partial charge < -0.3 is 64.5 Å². The van der Waals surface area contributed by atoms with Crippen molar-refractivity contribution in [2.75, 3.05) is 18.1 Å². The number of primary amides is 1. The normalized spacial score (nSPS) is 20.3. The Balaban J connectivity index is 1.14. The van der Waals surface area contributed by atoms with E-state index in [4.69, 9.17) is 17.2 Å². The zero-order valence-electron chi connectivity index (χ0n) is 47.3. The predicted molar refractivity (Wildman–Crippen MR) is 332 cm³/mol. The molecule has 85 heavy (non-hydrogen) atoms. The minimum Gasteiger partial charge on any atom is -0.508 e. The SMILES string of the molecule is CC(C)[C@@H]1NC(=O)[C@H](CCCCN)NC(=O)[C@@H](Cc2c[nH]c3ccccc23)NC(=O)[C@H](Cc2ccc(O)cc2)NC(=O)[C@H](NC(=O)[C@@H](N)Cc2ccc3ccccc3c2)CSSC[C@@H](C(=O)N[C@@H](Cc2ccc3ccccc3c2)C(N)=O)NC1=O. The van der Waals surface area contributed by atoms with Crippen molar-refractivity contribution in [2.45, 2.75) is 107 Å². The number of hydrogen-bond donors (Lipinski definition) is 12. The molecule has 0 spiro atoms. The molecule has 1 aliphatic rings. The lowest BCUT2D eigenvalue weighted by atomic mass is 9.99. The summed E-state index contributed by atoms with van der Waals surface area (Å²) in [5.74, 6) is -7.08. The van der Waals surface area contributed by atoms with Gasteiger partial charge in [0, 0.05) is 47.9 Å². The molecule has 0 bridgehead atoms.